The molecule has 3 aromatic rings. The van der Waals surface area contributed by atoms with Crippen LogP contribution in [-0.4, -0.2) is 34.6 Å². The first-order valence-electron chi connectivity index (χ1n) is 10.1. The van der Waals surface area contributed by atoms with Crippen LogP contribution in [0.15, 0.2) is 71.6 Å². The largest absolute Gasteiger partial charge is 0.497 e. The molecule has 0 aliphatic carbocycles. The minimum atomic E-state index is -3.85. The average molecular weight is 471 g/mol. The van der Waals surface area contributed by atoms with Crippen molar-refractivity contribution in [2.45, 2.75) is 24.8 Å². The van der Waals surface area contributed by atoms with E-state index in [2.05, 4.69) is 10.0 Å². The van der Waals surface area contributed by atoms with Gasteiger partial charge in [-0.1, -0.05) is 6.07 Å². The molecule has 0 fully saturated rings. The maximum atomic E-state index is 12.8. The molecule has 0 aromatic heterocycles. The number of aryl methyl sites for hydroxylation is 1. The summed E-state index contributed by atoms with van der Waals surface area (Å²) in [5.74, 6) is 1.25. The highest BCUT2D eigenvalue weighted by molar-refractivity contribution is 7.92. The van der Waals surface area contributed by atoms with Crippen LogP contribution >= 0.6 is 0 Å². The van der Waals surface area contributed by atoms with Crippen molar-refractivity contribution in [1.82, 2.24) is 0 Å². The number of methoxy groups -OCH3 is 2. The van der Waals surface area contributed by atoms with Gasteiger partial charge in [-0.15, -0.1) is 0 Å². The van der Waals surface area contributed by atoms with Crippen LogP contribution in [0.2, 0.25) is 0 Å². The Morgan fingerprint density at radius 3 is 2.12 bits per heavy atom. The van der Waals surface area contributed by atoms with Crippen molar-refractivity contribution < 1.29 is 27.4 Å². The number of ether oxygens (including phenoxy) is 3. The summed E-state index contributed by atoms with van der Waals surface area (Å²) in [6.07, 6.45) is -0.766. The van der Waals surface area contributed by atoms with Crippen molar-refractivity contribution in [2.75, 3.05) is 24.3 Å². The Morgan fingerprint density at radius 1 is 0.879 bits per heavy atom. The third-order valence-corrected chi connectivity index (χ3v) is 6.15. The van der Waals surface area contributed by atoms with Crippen molar-refractivity contribution in [3.05, 3.63) is 72.3 Å². The minimum Gasteiger partial charge on any atom is -0.497 e. The highest BCUT2D eigenvalue weighted by Crippen LogP contribution is 2.28. The summed E-state index contributed by atoms with van der Waals surface area (Å²) in [6.45, 7) is 3.48. The lowest BCUT2D eigenvalue weighted by Gasteiger charge is -2.15. The first-order valence-corrected chi connectivity index (χ1v) is 11.6. The van der Waals surface area contributed by atoms with Crippen LogP contribution in [0.25, 0.3) is 0 Å². The summed E-state index contributed by atoms with van der Waals surface area (Å²) in [6, 6.07) is 17.9. The van der Waals surface area contributed by atoms with Crippen molar-refractivity contribution in [2.24, 2.45) is 0 Å². The van der Waals surface area contributed by atoms with Gasteiger partial charge in [-0.2, -0.15) is 0 Å². The summed E-state index contributed by atoms with van der Waals surface area (Å²) in [4.78, 5) is 12.5. The molecule has 0 aliphatic heterocycles. The molecule has 0 radical (unpaired) electrons. The average Bonchev–Trinajstić information content (AvgIpc) is 2.80. The third kappa shape index (κ3) is 6.17. The fraction of sp³-hybridized carbons (Fsp3) is 0.208. The highest BCUT2D eigenvalue weighted by Gasteiger charge is 2.18. The van der Waals surface area contributed by atoms with Crippen LogP contribution in [0.4, 0.5) is 11.4 Å². The third-order valence-electron chi connectivity index (χ3n) is 4.77. The van der Waals surface area contributed by atoms with Crippen LogP contribution in [0, 0.1) is 6.92 Å². The number of carbonyl (C=O) groups is 1. The van der Waals surface area contributed by atoms with E-state index >= 15 is 0 Å². The number of rotatable bonds is 9. The van der Waals surface area contributed by atoms with Gasteiger partial charge in [-0.25, -0.2) is 8.42 Å². The molecule has 0 unspecified atom stereocenters. The standard InChI is InChI=1S/C24H26N2O6S/c1-16-5-14-23(31-4)22(15-16)26-33(28,29)21-12-6-18(7-13-21)25-24(27)17(2)32-20-10-8-19(30-3)9-11-20/h5-15,17,26H,1-4H3,(H,25,27)/t17-/m0/s1. The number of hydrogen-bond donors (Lipinski definition) is 2. The fourth-order valence-electron chi connectivity index (χ4n) is 2.98. The molecule has 0 bridgehead atoms. The van der Waals surface area contributed by atoms with Crippen LogP contribution in [0.5, 0.6) is 17.2 Å². The Labute approximate surface area is 193 Å². The Morgan fingerprint density at radius 2 is 1.52 bits per heavy atom. The van der Waals surface area contributed by atoms with Crippen LogP contribution in [-0.2, 0) is 14.8 Å². The monoisotopic (exact) mass is 470 g/mol. The van der Waals surface area contributed by atoms with Gasteiger partial charge in [0.2, 0.25) is 0 Å². The molecule has 33 heavy (non-hydrogen) atoms. The number of benzene rings is 3. The first-order chi connectivity index (χ1) is 15.7. The summed E-state index contributed by atoms with van der Waals surface area (Å²) >= 11 is 0. The smallest absolute Gasteiger partial charge is 0.265 e. The topological polar surface area (TPSA) is 103 Å². The van der Waals surface area contributed by atoms with Gasteiger partial charge in [0.05, 0.1) is 24.8 Å². The Bertz CT molecular complexity index is 1210. The Balaban J connectivity index is 1.65. The quantitative estimate of drug-likeness (QED) is 0.485. The predicted molar refractivity (Wildman–Crippen MR) is 127 cm³/mol. The molecule has 0 aliphatic rings. The van der Waals surface area contributed by atoms with Crippen molar-refractivity contribution in [1.29, 1.82) is 0 Å². The number of nitrogens with one attached hydrogen (secondary N) is 2. The Hall–Kier alpha value is -3.72. The lowest BCUT2D eigenvalue weighted by Crippen LogP contribution is -2.30. The SMILES string of the molecule is COc1ccc(O[C@@H](C)C(=O)Nc2ccc(S(=O)(=O)Nc3cc(C)ccc3OC)cc2)cc1. The van der Waals surface area contributed by atoms with E-state index < -0.39 is 16.1 Å². The molecule has 0 spiro atoms. The zero-order valence-electron chi connectivity index (χ0n) is 18.8. The van der Waals surface area contributed by atoms with Gasteiger partial charge in [-0.05, 0) is 80.1 Å². The molecule has 2 N–H and O–H groups in total. The van der Waals surface area contributed by atoms with E-state index in [-0.39, 0.29) is 10.8 Å². The molecule has 8 nitrogen and oxygen atoms in total. The number of sulfonamides is 1. The number of carbonyl (C=O) groups excluding carboxylic acids is 1. The maximum Gasteiger partial charge on any atom is 0.265 e. The van der Waals surface area contributed by atoms with Gasteiger partial charge in [0.15, 0.2) is 6.10 Å². The second kappa shape index (κ2) is 10.3. The van der Waals surface area contributed by atoms with E-state index in [1.54, 1.807) is 50.4 Å². The number of amides is 1. The second-order valence-corrected chi connectivity index (χ2v) is 8.94. The van der Waals surface area contributed by atoms with E-state index in [9.17, 15) is 13.2 Å². The molecule has 0 saturated heterocycles. The zero-order valence-corrected chi connectivity index (χ0v) is 19.6. The second-order valence-electron chi connectivity index (χ2n) is 7.26. The highest BCUT2D eigenvalue weighted by atomic mass is 32.2. The van der Waals surface area contributed by atoms with Gasteiger partial charge < -0.3 is 19.5 Å². The van der Waals surface area contributed by atoms with Crippen molar-refractivity contribution >= 4 is 27.3 Å². The molecule has 1 atom stereocenters. The van der Waals surface area contributed by atoms with E-state index in [1.165, 1.54) is 31.4 Å². The minimum absolute atomic E-state index is 0.0478. The fourth-order valence-corrected chi connectivity index (χ4v) is 4.04. The van der Waals surface area contributed by atoms with Gasteiger partial charge in [0, 0.05) is 5.69 Å². The maximum absolute atomic E-state index is 12.8. The van der Waals surface area contributed by atoms with Gasteiger partial charge >= 0.3 is 0 Å². The van der Waals surface area contributed by atoms with E-state index in [1.807, 2.05) is 13.0 Å². The summed E-state index contributed by atoms with van der Waals surface area (Å²) < 4.78 is 44.1. The van der Waals surface area contributed by atoms with Crippen molar-refractivity contribution in [3.8, 4) is 17.2 Å². The van der Waals surface area contributed by atoms with Crippen LogP contribution < -0.4 is 24.2 Å². The number of anilines is 2. The van der Waals surface area contributed by atoms with Crippen LogP contribution in [0.1, 0.15) is 12.5 Å². The van der Waals surface area contributed by atoms with Crippen molar-refractivity contribution in [3.63, 3.8) is 0 Å². The summed E-state index contributed by atoms with van der Waals surface area (Å²) in [7, 11) is -0.809. The lowest BCUT2D eigenvalue weighted by molar-refractivity contribution is -0.122. The molecular formula is C24H26N2O6S. The predicted octanol–water partition coefficient (Wildman–Crippen LogP) is 4.22. The molecule has 174 valence electrons. The van der Waals surface area contributed by atoms with Crippen LogP contribution in [0.3, 0.4) is 0 Å². The molecule has 3 aromatic carbocycles. The lowest BCUT2D eigenvalue weighted by atomic mass is 10.2. The van der Waals surface area contributed by atoms with E-state index in [0.717, 1.165) is 5.56 Å². The number of hydrogen-bond acceptors (Lipinski definition) is 6. The summed E-state index contributed by atoms with van der Waals surface area (Å²) in [5, 5.41) is 2.71. The molecule has 0 heterocycles. The van der Waals surface area contributed by atoms with Gasteiger partial charge in [0.25, 0.3) is 15.9 Å². The van der Waals surface area contributed by atoms with Gasteiger partial charge in [0.1, 0.15) is 17.2 Å². The van der Waals surface area contributed by atoms with E-state index in [0.29, 0.717) is 28.6 Å². The summed E-state index contributed by atoms with van der Waals surface area (Å²) in [5.41, 5.74) is 1.68. The molecule has 0 saturated carbocycles. The zero-order chi connectivity index (χ0) is 24.0. The Kier molecular flexibility index (Phi) is 7.44. The molecule has 3 rings (SSSR count). The van der Waals surface area contributed by atoms with E-state index in [4.69, 9.17) is 14.2 Å². The van der Waals surface area contributed by atoms with Gasteiger partial charge in [-0.3, -0.25) is 9.52 Å². The first kappa shape index (κ1) is 23.9. The molecule has 9 heteroatoms. The molecular weight excluding hydrogens is 444 g/mol. The molecule has 1 amide bonds. The normalized spacial score (nSPS) is 11.9.